The molecule has 3 aromatic rings. The zero-order valence-electron chi connectivity index (χ0n) is 15.9. The van der Waals surface area contributed by atoms with E-state index in [2.05, 4.69) is 15.7 Å². The minimum atomic E-state index is -4.64. The van der Waals surface area contributed by atoms with E-state index in [4.69, 9.17) is 23.2 Å². The molecule has 1 aromatic carbocycles. The molecule has 5 nitrogen and oxygen atoms in total. The topological polar surface area (TPSA) is 59.0 Å². The minimum absolute atomic E-state index is 0.121. The van der Waals surface area contributed by atoms with Gasteiger partial charge in [-0.3, -0.25) is 4.79 Å². The number of carbonyl (C=O) groups is 1. The molecule has 11 heteroatoms. The highest BCUT2D eigenvalue weighted by Crippen LogP contribution is 2.40. The Morgan fingerprint density at radius 1 is 1.26 bits per heavy atom. The van der Waals surface area contributed by atoms with Crippen molar-refractivity contribution in [3.8, 4) is 0 Å². The number of alkyl halides is 3. The SMILES string of the molecule is CC1=C(C(=O)NCc2cccs2)C(c2ccc(Cl)c(Cl)c2)n2nc(C(F)(F)F)cc2N1. The normalized spacial score (nSPS) is 16.1. The van der Waals surface area contributed by atoms with E-state index in [0.717, 1.165) is 15.6 Å². The monoisotopic (exact) mass is 486 g/mol. The van der Waals surface area contributed by atoms with Crippen LogP contribution in [0.2, 0.25) is 10.0 Å². The van der Waals surface area contributed by atoms with Crippen LogP contribution in [-0.2, 0) is 17.5 Å². The van der Waals surface area contributed by atoms with Gasteiger partial charge in [-0.1, -0.05) is 35.3 Å². The minimum Gasteiger partial charge on any atom is -0.347 e. The first-order chi connectivity index (χ1) is 14.6. The van der Waals surface area contributed by atoms with Crippen molar-refractivity contribution in [2.45, 2.75) is 25.7 Å². The van der Waals surface area contributed by atoms with Gasteiger partial charge in [-0.05, 0) is 36.1 Å². The number of carbonyl (C=O) groups excluding carboxylic acids is 1. The average Bonchev–Trinajstić information content (AvgIpc) is 3.36. The number of allylic oxidation sites excluding steroid dienone is 1. The molecule has 1 aliphatic heterocycles. The summed E-state index contributed by atoms with van der Waals surface area (Å²) in [6.07, 6.45) is -4.64. The van der Waals surface area contributed by atoms with Gasteiger partial charge in [-0.2, -0.15) is 18.3 Å². The molecule has 2 N–H and O–H groups in total. The summed E-state index contributed by atoms with van der Waals surface area (Å²) in [5, 5.41) is 11.8. The summed E-state index contributed by atoms with van der Waals surface area (Å²) < 4.78 is 41.1. The Labute approximate surface area is 189 Å². The molecule has 3 heterocycles. The van der Waals surface area contributed by atoms with Gasteiger partial charge in [0.2, 0.25) is 0 Å². The zero-order chi connectivity index (χ0) is 22.3. The quantitative estimate of drug-likeness (QED) is 0.484. The molecule has 1 unspecified atom stereocenters. The van der Waals surface area contributed by atoms with Gasteiger partial charge in [0, 0.05) is 16.6 Å². The lowest BCUT2D eigenvalue weighted by molar-refractivity contribution is -0.141. The molecule has 0 saturated heterocycles. The summed E-state index contributed by atoms with van der Waals surface area (Å²) >= 11 is 13.7. The largest absolute Gasteiger partial charge is 0.435 e. The standard InChI is InChI=1S/C20H15Cl2F3N4OS/c1-10-17(19(30)26-9-12-3-2-6-31-12)18(11-4-5-13(21)14(22)7-11)29-16(27-10)8-15(28-29)20(23,24)25/h2-8,18,27H,9H2,1H3,(H,26,30). The van der Waals surface area contributed by atoms with E-state index < -0.39 is 23.8 Å². The molecule has 0 radical (unpaired) electrons. The Kier molecular flexibility index (Phi) is 5.76. The number of nitrogens with one attached hydrogen (secondary N) is 2. The first kappa shape index (κ1) is 21.7. The average molecular weight is 487 g/mol. The molecule has 1 amide bonds. The number of hydrogen-bond donors (Lipinski definition) is 2. The lowest BCUT2D eigenvalue weighted by atomic mass is 9.95. The van der Waals surface area contributed by atoms with Gasteiger partial charge in [-0.25, -0.2) is 4.68 Å². The molecule has 162 valence electrons. The van der Waals surface area contributed by atoms with Crippen LogP contribution >= 0.6 is 34.5 Å². The predicted molar refractivity (Wildman–Crippen MR) is 114 cm³/mol. The van der Waals surface area contributed by atoms with E-state index in [0.29, 0.717) is 22.8 Å². The molecule has 0 spiro atoms. The molecular weight excluding hydrogens is 472 g/mol. The number of halogens is 5. The summed E-state index contributed by atoms with van der Waals surface area (Å²) in [7, 11) is 0. The van der Waals surface area contributed by atoms with Crippen LogP contribution in [0.3, 0.4) is 0 Å². The van der Waals surface area contributed by atoms with Crippen molar-refractivity contribution in [2.24, 2.45) is 0 Å². The van der Waals surface area contributed by atoms with E-state index in [1.165, 1.54) is 23.5 Å². The van der Waals surface area contributed by atoms with Crippen LogP contribution < -0.4 is 10.6 Å². The van der Waals surface area contributed by atoms with Crippen molar-refractivity contribution < 1.29 is 18.0 Å². The van der Waals surface area contributed by atoms with E-state index >= 15 is 0 Å². The molecule has 1 atom stereocenters. The van der Waals surface area contributed by atoms with Crippen molar-refractivity contribution in [1.29, 1.82) is 0 Å². The maximum Gasteiger partial charge on any atom is 0.435 e. The Bertz CT molecular complexity index is 1170. The third kappa shape index (κ3) is 4.30. The van der Waals surface area contributed by atoms with Crippen LogP contribution in [0.15, 0.2) is 53.0 Å². The zero-order valence-corrected chi connectivity index (χ0v) is 18.3. The Balaban J connectivity index is 1.78. The lowest BCUT2D eigenvalue weighted by Crippen LogP contribution is -2.34. The van der Waals surface area contributed by atoms with Crippen LogP contribution in [0.1, 0.15) is 29.1 Å². The Morgan fingerprint density at radius 2 is 2.03 bits per heavy atom. The van der Waals surface area contributed by atoms with Crippen molar-refractivity contribution in [3.63, 3.8) is 0 Å². The lowest BCUT2D eigenvalue weighted by Gasteiger charge is -2.30. The van der Waals surface area contributed by atoms with Crippen molar-refractivity contribution in [3.05, 3.63) is 79.2 Å². The van der Waals surface area contributed by atoms with Gasteiger partial charge in [-0.15, -0.1) is 11.3 Å². The second-order valence-electron chi connectivity index (χ2n) is 6.86. The molecule has 0 bridgehead atoms. The first-order valence-electron chi connectivity index (χ1n) is 9.05. The molecular formula is C20H15Cl2F3N4OS. The molecule has 2 aromatic heterocycles. The van der Waals surface area contributed by atoms with E-state index in [1.54, 1.807) is 13.0 Å². The summed E-state index contributed by atoms with van der Waals surface area (Å²) in [5.41, 5.74) is 0.0721. The number of hydrogen-bond acceptors (Lipinski definition) is 4. The van der Waals surface area contributed by atoms with Crippen LogP contribution in [0.25, 0.3) is 0 Å². The van der Waals surface area contributed by atoms with Gasteiger partial charge in [0.05, 0.1) is 22.2 Å². The van der Waals surface area contributed by atoms with E-state index in [1.807, 2.05) is 17.5 Å². The van der Waals surface area contributed by atoms with Crippen LogP contribution in [-0.4, -0.2) is 15.7 Å². The van der Waals surface area contributed by atoms with Gasteiger partial charge in [0.25, 0.3) is 5.91 Å². The summed E-state index contributed by atoms with van der Waals surface area (Å²) in [6.45, 7) is 1.93. The van der Waals surface area contributed by atoms with Crippen LogP contribution in [0, 0.1) is 0 Å². The third-order valence-corrected chi connectivity index (χ3v) is 6.39. The fourth-order valence-corrected chi connectivity index (χ4v) is 4.32. The van der Waals surface area contributed by atoms with Gasteiger partial charge < -0.3 is 10.6 Å². The summed E-state index contributed by atoms with van der Waals surface area (Å²) in [4.78, 5) is 14.1. The molecule has 4 rings (SSSR count). The third-order valence-electron chi connectivity index (χ3n) is 4.77. The number of benzene rings is 1. The Hall–Kier alpha value is -2.49. The maximum absolute atomic E-state index is 13.3. The maximum atomic E-state index is 13.3. The highest BCUT2D eigenvalue weighted by atomic mass is 35.5. The molecule has 31 heavy (non-hydrogen) atoms. The highest BCUT2D eigenvalue weighted by Gasteiger charge is 2.39. The van der Waals surface area contributed by atoms with Gasteiger partial charge in [0.1, 0.15) is 11.9 Å². The molecule has 0 saturated carbocycles. The fraction of sp³-hybridized carbons (Fsp3) is 0.200. The van der Waals surface area contributed by atoms with E-state index in [-0.39, 0.29) is 16.4 Å². The van der Waals surface area contributed by atoms with Crippen molar-refractivity contribution in [2.75, 3.05) is 5.32 Å². The fourth-order valence-electron chi connectivity index (χ4n) is 3.37. The van der Waals surface area contributed by atoms with Crippen LogP contribution in [0.5, 0.6) is 0 Å². The first-order valence-corrected chi connectivity index (χ1v) is 10.7. The predicted octanol–water partition coefficient (Wildman–Crippen LogP) is 5.88. The smallest absolute Gasteiger partial charge is 0.347 e. The number of rotatable bonds is 4. The molecule has 1 aliphatic rings. The number of nitrogens with zero attached hydrogens (tertiary/aromatic N) is 2. The van der Waals surface area contributed by atoms with E-state index in [9.17, 15) is 18.0 Å². The number of aromatic nitrogens is 2. The van der Waals surface area contributed by atoms with Gasteiger partial charge in [0.15, 0.2) is 5.69 Å². The van der Waals surface area contributed by atoms with Crippen molar-refractivity contribution in [1.82, 2.24) is 15.1 Å². The number of anilines is 1. The second kappa shape index (κ2) is 8.22. The second-order valence-corrected chi connectivity index (χ2v) is 8.71. The number of fused-ring (bicyclic) bond motifs is 1. The molecule has 0 fully saturated rings. The summed E-state index contributed by atoms with van der Waals surface area (Å²) in [6, 6.07) is 8.40. The van der Waals surface area contributed by atoms with Crippen LogP contribution in [0.4, 0.5) is 19.0 Å². The Morgan fingerprint density at radius 3 is 2.68 bits per heavy atom. The number of thiophene rings is 1. The van der Waals surface area contributed by atoms with Crippen molar-refractivity contribution >= 4 is 46.3 Å². The van der Waals surface area contributed by atoms with Gasteiger partial charge >= 0.3 is 6.18 Å². The number of amides is 1. The highest BCUT2D eigenvalue weighted by molar-refractivity contribution is 7.09. The molecule has 0 aliphatic carbocycles. The summed E-state index contributed by atoms with van der Waals surface area (Å²) in [5.74, 6) is -0.306.